The van der Waals surface area contributed by atoms with Gasteiger partial charge in [-0.25, -0.2) is 0 Å². The standard InChI is InChI=1S/C13H9BrCl2N2O2/c14-9-1-3-11(16)8(5-9)7-17-12-4-2-10(15)6-13(12)18(19)20/h1-6,17H,7H2. The van der Waals surface area contributed by atoms with Gasteiger partial charge in [0.1, 0.15) is 5.69 Å². The molecule has 0 spiro atoms. The quantitative estimate of drug-likeness (QED) is 0.584. The Morgan fingerprint density at radius 1 is 1.20 bits per heavy atom. The smallest absolute Gasteiger partial charge is 0.293 e. The highest BCUT2D eigenvalue weighted by atomic mass is 79.9. The van der Waals surface area contributed by atoms with Gasteiger partial charge in [-0.3, -0.25) is 10.1 Å². The highest BCUT2D eigenvalue weighted by Crippen LogP contribution is 2.29. The molecule has 0 aliphatic carbocycles. The summed E-state index contributed by atoms with van der Waals surface area (Å²) in [5.41, 5.74) is 1.17. The third-order valence-electron chi connectivity index (χ3n) is 2.63. The predicted octanol–water partition coefficient (Wildman–Crippen LogP) is 5.28. The molecule has 0 aliphatic heterocycles. The van der Waals surface area contributed by atoms with Crippen molar-refractivity contribution in [2.75, 3.05) is 5.32 Å². The Morgan fingerprint density at radius 2 is 1.95 bits per heavy atom. The van der Waals surface area contributed by atoms with Crippen molar-refractivity contribution >= 4 is 50.5 Å². The van der Waals surface area contributed by atoms with E-state index in [1.165, 1.54) is 6.07 Å². The predicted molar refractivity (Wildman–Crippen MR) is 84.6 cm³/mol. The summed E-state index contributed by atoms with van der Waals surface area (Å²) in [5.74, 6) is 0. The minimum Gasteiger partial charge on any atom is -0.375 e. The first kappa shape index (κ1) is 15.1. The summed E-state index contributed by atoms with van der Waals surface area (Å²) in [7, 11) is 0. The highest BCUT2D eigenvalue weighted by molar-refractivity contribution is 9.10. The lowest BCUT2D eigenvalue weighted by Crippen LogP contribution is -2.03. The molecule has 0 amide bonds. The molecule has 2 rings (SSSR count). The Hall–Kier alpha value is -1.30. The van der Waals surface area contributed by atoms with Crippen molar-refractivity contribution in [3.05, 3.63) is 66.6 Å². The Balaban J connectivity index is 2.23. The van der Waals surface area contributed by atoms with Crippen LogP contribution in [-0.2, 0) is 6.54 Å². The molecule has 0 aromatic heterocycles. The van der Waals surface area contributed by atoms with Crippen molar-refractivity contribution in [2.24, 2.45) is 0 Å². The van der Waals surface area contributed by atoms with E-state index in [2.05, 4.69) is 21.2 Å². The summed E-state index contributed by atoms with van der Waals surface area (Å²) in [5, 5.41) is 14.9. The molecule has 1 N–H and O–H groups in total. The van der Waals surface area contributed by atoms with Crippen molar-refractivity contribution < 1.29 is 4.92 Å². The molecule has 0 unspecified atom stereocenters. The Bertz CT molecular complexity index is 665. The zero-order chi connectivity index (χ0) is 14.7. The van der Waals surface area contributed by atoms with Crippen LogP contribution in [0, 0.1) is 10.1 Å². The number of nitrogens with zero attached hydrogens (tertiary/aromatic N) is 1. The lowest BCUT2D eigenvalue weighted by molar-refractivity contribution is -0.383. The van der Waals surface area contributed by atoms with Crippen LogP contribution in [0.4, 0.5) is 11.4 Å². The van der Waals surface area contributed by atoms with E-state index in [0.29, 0.717) is 22.3 Å². The van der Waals surface area contributed by atoms with Gasteiger partial charge in [-0.05, 0) is 35.9 Å². The third kappa shape index (κ3) is 3.62. The van der Waals surface area contributed by atoms with Crippen molar-refractivity contribution in [1.82, 2.24) is 0 Å². The number of benzene rings is 2. The maximum atomic E-state index is 11.0. The Labute approximate surface area is 134 Å². The Morgan fingerprint density at radius 3 is 2.65 bits per heavy atom. The number of anilines is 1. The molecule has 7 heteroatoms. The number of hydrogen-bond acceptors (Lipinski definition) is 3. The van der Waals surface area contributed by atoms with Gasteiger partial charge in [0.15, 0.2) is 0 Å². The molecule has 4 nitrogen and oxygen atoms in total. The van der Waals surface area contributed by atoms with Crippen LogP contribution >= 0.6 is 39.1 Å². The molecule has 0 atom stereocenters. The highest BCUT2D eigenvalue weighted by Gasteiger charge is 2.14. The van der Waals surface area contributed by atoms with E-state index in [1.807, 2.05) is 12.1 Å². The Kier molecular flexibility index (Phi) is 4.86. The van der Waals surface area contributed by atoms with Crippen molar-refractivity contribution in [3.63, 3.8) is 0 Å². The monoisotopic (exact) mass is 374 g/mol. The zero-order valence-electron chi connectivity index (χ0n) is 10.1. The first-order valence-corrected chi connectivity index (χ1v) is 7.14. The molecule has 0 fully saturated rings. The van der Waals surface area contributed by atoms with E-state index >= 15 is 0 Å². The van der Waals surface area contributed by atoms with Crippen LogP contribution in [-0.4, -0.2) is 4.92 Å². The summed E-state index contributed by atoms with van der Waals surface area (Å²) in [6.07, 6.45) is 0. The fourth-order valence-electron chi connectivity index (χ4n) is 1.67. The minimum atomic E-state index is -0.475. The second kappa shape index (κ2) is 6.43. The molecule has 0 bridgehead atoms. The van der Waals surface area contributed by atoms with Crippen molar-refractivity contribution in [2.45, 2.75) is 6.54 Å². The van der Waals surface area contributed by atoms with E-state index in [0.717, 1.165) is 10.0 Å². The second-order valence-corrected chi connectivity index (χ2v) is 5.77. The van der Waals surface area contributed by atoms with Crippen molar-refractivity contribution in [1.29, 1.82) is 0 Å². The van der Waals surface area contributed by atoms with Crippen LogP contribution < -0.4 is 5.32 Å². The molecule has 2 aromatic rings. The van der Waals surface area contributed by atoms with Crippen LogP contribution in [0.5, 0.6) is 0 Å². The van der Waals surface area contributed by atoms with Crippen LogP contribution in [0.25, 0.3) is 0 Å². The van der Waals surface area contributed by atoms with Crippen molar-refractivity contribution in [3.8, 4) is 0 Å². The zero-order valence-corrected chi connectivity index (χ0v) is 13.2. The average molecular weight is 376 g/mol. The summed E-state index contributed by atoms with van der Waals surface area (Å²) >= 11 is 15.2. The lowest BCUT2D eigenvalue weighted by atomic mass is 10.2. The van der Waals surface area contributed by atoms with E-state index in [4.69, 9.17) is 23.2 Å². The normalized spacial score (nSPS) is 10.3. The molecule has 0 aliphatic rings. The fraction of sp³-hybridized carbons (Fsp3) is 0.0769. The SMILES string of the molecule is O=[N+]([O-])c1cc(Cl)ccc1NCc1cc(Br)ccc1Cl. The maximum absolute atomic E-state index is 11.0. The lowest BCUT2D eigenvalue weighted by Gasteiger charge is -2.09. The van der Waals surface area contributed by atoms with Crippen LogP contribution in [0.2, 0.25) is 10.0 Å². The van der Waals surface area contributed by atoms with Crippen LogP contribution in [0.15, 0.2) is 40.9 Å². The third-order valence-corrected chi connectivity index (χ3v) is 3.73. The molecule has 20 heavy (non-hydrogen) atoms. The molecule has 0 saturated carbocycles. The van der Waals surface area contributed by atoms with E-state index in [1.54, 1.807) is 18.2 Å². The molecule has 0 heterocycles. The van der Waals surface area contributed by atoms with E-state index in [9.17, 15) is 10.1 Å². The number of halogens is 3. The van der Waals surface area contributed by atoms with Gasteiger partial charge in [0.25, 0.3) is 5.69 Å². The molecule has 104 valence electrons. The summed E-state index contributed by atoms with van der Waals surface area (Å²) in [4.78, 5) is 10.5. The first-order valence-electron chi connectivity index (χ1n) is 5.59. The van der Waals surface area contributed by atoms with Gasteiger partial charge in [-0.2, -0.15) is 0 Å². The van der Waals surface area contributed by atoms with Gasteiger partial charge in [0.2, 0.25) is 0 Å². The minimum absolute atomic E-state index is 0.0661. The van der Waals surface area contributed by atoms with E-state index < -0.39 is 4.92 Å². The van der Waals surface area contributed by atoms with Gasteiger partial charge in [-0.1, -0.05) is 39.1 Å². The molecule has 0 radical (unpaired) electrons. The van der Waals surface area contributed by atoms with Gasteiger partial charge in [0, 0.05) is 27.1 Å². The molecular weight excluding hydrogens is 367 g/mol. The second-order valence-electron chi connectivity index (χ2n) is 4.01. The summed E-state index contributed by atoms with van der Waals surface area (Å²) in [6, 6.07) is 9.94. The first-order chi connectivity index (χ1) is 9.47. The van der Waals surface area contributed by atoms with E-state index in [-0.39, 0.29) is 5.69 Å². The molecular formula is C13H9BrCl2N2O2. The molecule has 2 aromatic carbocycles. The number of rotatable bonds is 4. The fourth-order valence-corrected chi connectivity index (χ4v) is 2.43. The number of nitro benzene ring substituents is 1. The van der Waals surface area contributed by atoms with Crippen LogP contribution in [0.1, 0.15) is 5.56 Å². The summed E-state index contributed by atoms with van der Waals surface area (Å²) < 4.78 is 0.893. The van der Waals surface area contributed by atoms with Gasteiger partial charge < -0.3 is 5.32 Å². The number of nitro groups is 1. The average Bonchev–Trinajstić information content (AvgIpc) is 2.40. The van der Waals surface area contributed by atoms with Gasteiger partial charge in [-0.15, -0.1) is 0 Å². The topological polar surface area (TPSA) is 55.2 Å². The van der Waals surface area contributed by atoms with Gasteiger partial charge >= 0.3 is 0 Å². The largest absolute Gasteiger partial charge is 0.375 e. The summed E-state index contributed by atoms with van der Waals surface area (Å²) in [6.45, 7) is 0.376. The number of nitrogens with one attached hydrogen (secondary N) is 1. The molecule has 0 saturated heterocycles. The maximum Gasteiger partial charge on any atom is 0.293 e. The van der Waals surface area contributed by atoms with Gasteiger partial charge in [0.05, 0.1) is 4.92 Å². The number of hydrogen-bond donors (Lipinski definition) is 1. The van der Waals surface area contributed by atoms with Crippen LogP contribution in [0.3, 0.4) is 0 Å².